The summed E-state index contributed by atoms with van der Waals surface area (Å²) in [4.78, 5) is 11.5. The number of ether oxygens (including phenoxy) is 1. The van der Waals surface area contributed by atoms with E-state index in [0.717, 1.165) is 5.56 Å². The lowest BCUT2D eigenvalue weighted by Gasteiger charge is -2.05. The molecule has 0 N–H and O–H groups in total. The summed E-state index contributed by atoms with van der Waals surface area (Å²) in [5.41, 5.74) is 1.04. The Kier molecular flexibility index (Phi) is 4.98. The summed E-state index contributed by atoms with van der Waals surface area (Å²) in [5.74, 6) is -0.202. The Labute approximate surface area is 116 Å². The molecule has 0 unspecified atom stereocenters. The fourth-order valence-corrected chi connectivity index (χ4v) is 1.91. The van der Waals surface area contributed by atoms with E-state index < -0.39 is 0 Å². The van der Waals surface area contributed by atoms with E-state index in [1.54, 1.807) is 10.9 Å². The van der Waals surface area contributed by atoms with Gasteiger partial charge in [0, 0.05) is 23.8 Å². The van der Waals surface area contributed by atoms with E-state index in [4.69, 9.17) is 16.3 Å². The Balaban J connectivity index is 1.67. The maximum Gasteiger partial charge on any atom is 0.306 e. The van der Waals surface area contributed by atoms with Crippen LogP contribution in [0.25, 0.3) is 0 Å². The quantitative estimate of drug-likeness (QED) is 0.763. The molecule has 2 aromatic rings. The van der Waals surface area contributed by atoms with Gasteiger partial charge in [-0.1, -0.05) is 23.7 Å². The largest absolute Gasteiger partial charge is 0.464 e. The van der Waals surface area contributed by atoms with Gasteiger partial charge in [0.1, 0.15) is 6.61 Å². The molecule has 0 radical (unpaired) electrons. The molecule has 0 aliphatic rings. The van der Waals surface area contributed by atoms with E-state index in [1.807, 2.05) is 36.5 Å². The van der Waals surface area contributed by atoms with E-state index in [9.17, 15) is 4.79 Å². The SMILES string of the molecule is O=C(CCc1cccc(Cl)c1)OCCn1cccn1. The van der Waals surface area contributed by atoms with Crippen LogP contribution in [0.3, 0.4) is 0 Å². The van der Waals surface area contributed by atoms with Crippen LogP contribution in [0.5, 0.6) is 0 Å². The third-order valence-corrected chi connectivity index (χ3v) is 2.88. The van der Waals surface area contributed by atoms with Crippen LogP contribution < -0.4 is 0 Å². The van der Waals surface area contributed by atoms with Gasteiger partial charge in [0.05, 0.1) is 6.54 Å². The van der Waals surface area contributed by atoms with Gasteiger partial charge in [-0.2, -0.15) is 5.10 Å². The molecule has 2 rings (SSSR count). The average molecular weight is 279 g/mol. The van der Waals surface area contributed by atoms with E-state index in [-0.39, 0.29) is 5.97 Å². The number of rotatable bonds is 6. The molecule has 1 aromatic heterocycles. The topological polar surface area (TPSA) is 44.1 Å². The normalized spacial score (nSPS) is 10.4. The molecule has 0 fully saturated rings. The first-order valence-corrected chi connectivity index (χ1v) is 6.49. The van der Waals surface area contributed by atoms with Crippen molar-refractivity contribution in [3.63, 3.8) is 0 Å². The monoisotopic (exact) mass is 278 g/mol. The molecule has 0 saturated heterocycles. The summed E-state index contributed by atoms with van der Waals surface area (Å²) < 4.78 is 6.86. The standard InChI is InChI=1S/C14H15ClN2O2/c15-13-4-1-3-12(11-13)5-6-14(18)19-10-9-17-8-2-7-16-17/h1-4,7-8,11H,5-6,9-10H2. The first-order chi connectivity index (χ1) is 9.24. The number of esters is 1. The van der Waals surface area contributed by atoms with E-state index >= 15 is 0 Å². The van der Waals surface area contributed by atoms with Crippen molar-refractivity contribution in [1.82, 2.24) is 9.78 Å². The molecule has 0 aliphatic heterocycles. The molecule has 0 amide bonds. The van der Waals surface area contributed by atoms with Crippen LogP contribution in [-0.4, -0.2) is 22.4 Å². The Morgan fingerprint density at radius 2 is 2.26 bits per heavy atom. The van der Waals surface area contributed by atoms with E-state index in [2.05, 4.69) is 5.10 Å². The molecule has 0 aliphatic carbocycles. The highest BCUT2D eigenvalue weighted by Crippen LogP contribution is 2.12. The van der Waals surface area contributed by atoms with Crippen LogP contribution in [0.15, 0.2) is 42.7 Å². The van der Waals surface area contributed by atoms with Crippen LogP contribution in [-0.2, 0) is 22.5 Å². The Morgan fingerprint density at radius 3 is 3.00 bits per heavy atom. The molecule has 100 valence electrons. The summed E-state index contributed by atoms with van der Waals surface area (Å²) in [5, 5.41) is 4.71. The molecular weight excluding hydrogens is 264 g/mol. The van der Waals surface area contributed by atoms with Gasteiger partial charge in [0.2, 0.25) is 0 Å². The molecule has 0 spiro atoms. The van der Waals surface area contributed by atoms with Gasteiger partial charge in [0.15, 0.2) is 0 Å². The summed E-state index contributed by atoms with van der Waals surface area (Å²) in [6.07, 6.45) is 4.53. The number of hydrogen-bond donors (Lipinski definition) is 0. The summed E-state index contributed by atoms with van der Waals surface area (Å²) in [6.45, 7) is 0.923. The predicted octanol–water partition coefficient (Wildman–Crippen LogP) is 2.71. The first-order valence-electron chi connectivity index (χ1n) is 6.11. The fraction of sp³-hybridized carbons (Fsp3) is 0.286. The smallest absolute Gasteiger partial charge is 0.306 e. The number of carbonyl (C=O) groups excluding carboxylic acids is 1. The van der Waals surface area contributed by atoms with Gasteiger partial charge in [-0.15, -0.1) is 0 Å². The highest BCUT2D eigenvalue weighted by atomic mass is 35.5. The van der Waals surface area contributed by atoms with Crippen molar-refractivity contribution in [2.45, 2.75) is 19.4 Å². The molecule has 4 nitrogen and oxygen atoms in total. The molecule has 0 saturated carbocycles. The lowest BCUT2D eigenvalue weighted by molar-refractivity contribution is -0.143. The third-order valence-electron chi connectivity index (χ3n) is 2.65. The summed E-state index contributed by atoms with van der Waals surface area (Å²) in [6, 6.07) is 9.33. The second kappa shape index (κ2) is 6.95. The van der Waals surface area contributed by atoms with Crippen LogP contribution in [0, 0.1) is 0 Å². The minimum absolute atomic E-state index is 0.202. The zero-order chi connectivity index (χ0) is 13.5. The number of aromatic nitrogens is 2. The van der Waals surface area contributed by atoms with Crippen LogP contribution >= 0.6 is 11.6 Å². The van der Waals surface area contributed by atoms with Crippen molar-refractivity contribution in [2.75, 3.05) is 6.61 Å². The van der Waals surface area contributed by atoms with Crippen molar-refractivity contribution in [2.24, 2.45) is 0 Å². The number of halogens is 1. The second-order valence-electron chi connectivity index (χ2n) is 4.12. The fourth-order valence-electron chi connectivity index (χ4n) is 1.70. The van der Waals surface area contributed by atoms with Crippen molar-refractivity contribution in [3.8, 4) is 0 Å². The van der Waals surface area contributed by atoms with Gasteiger partial charge in [0.25, 0.3) is 0 Å². The lowest BCUT2D eigenvalue weighted by atomic mass is 10.1. The summed E-state index contributed by atoms with van der Waals surface area (Å²) in [7, 11) is 0. The number of aryl methyl sites for hydroxylation is 1. The maximum atomic E-state index is 11.5. The lowest BCUT2D eigenvalue weighted by Crippen LogP contribution is -2.12. The highest BCUT2D eigenvalue weighted by Gasteiger charge is 2.04. The Morgan fingerprint density at radius 1 is 1.37 bits per heavy atom. The van der Waals surface area contributed by atoms with Crippen LogP contribution in [0.4, 0.5) is 0 Å². The van der Waals surface area contributed by atoms with Gasteiger partial charge in [-0.25, -0.2) is 0 Å². The van der Waals surface area contributed by atoms with Crippen LogP contribution in [0.1, 0.15) is 12.0 Å². The van der Waals surface area contributed by atoms with Gasteiger partial charge in [-0.3, -0.25) is 9.48 Å². The van der Waals surface area contributed by atoms with Gasteiger partial charge >= 0.3 is 5.97 Å². The van der Waals surface area contributed by atoms with Crippen molar-refractivity contribution < 1.29 is 9.53 Å². The minimum Gasteiger partial charge on any atom is -0.464 e. The molecule has 5 heteroatoms. The van der Waals surface area contributed by atoms with Crippen LogP contribution in [0.2, 0.25) is 5.02 Å². The minimum atomic E-state index is -0.202. The molecular formula is C14H15ClN2O2. The first kappa shape index (κ1) is 13.6. The molecule has 0 bridgehead atoms. The zero-order valence-electron chi connectivity index (χ0n) is 10.5. The van der Waals surface area contributed by atoms with E-state index in [1.165, 1.54) is 0 Å². The predicted molar refractivity (Wildman–Crippen MR) is 73.0 cm³/mol. The van der Waals surface area contributed by atoms with Crippen molar-refractivity contribution >= 4 is 17.6 Å². The molecule has 19 heavy (non-hydrogen) atoms. The zero-order valence-corrected chi connectivity index (χ0v) is 11.2. The third kappa shape index (κ3) is 4.75. The maximum absolute atomic E-state index is 11.5. The highest BCUT2D eigenvalue weighted by molar-refractivity contribution is 6.30. The number of benzene rings is 1. The number of nitrogens with zero attached hydrogens (tertiary/aromatic N) is 2. The van der Waals surface area contributed by atoms with E-state index in [0.29, 0.717) is 31.0 Å². The van der Waals surface area contributed by atoms with Crippen molar-refractivity contribution in [1.29, 1.82) is 0 Å². The number of carbonyl (C=O) groups is 1. The van der Waals surface area contributed by atoms with Crippen molar-refractivity contribution in [3.05, 3.63) is 53.3 Å². The average Bonchev–Trinajstić information content (AvgIpc) is 2.90. The summed E-state index contributed by atoms with van der Waals surface area (Å²) >= 11 is 5.87. The molecule has 1 aromatic carbocycles. The Bertz CT molecular complexity index is 526. The van der Waals surface area contributed by atoms with Gasteiger partial charge in [-0.05, 0) is 30.2 Å². The Hall–Kier alpha value is -1.81. The van der Waals surface area contributed by atoms with Gasteiger partial charge < -0.3 is 4.74 Å². The second-order valence-corrected chi connectivity index (χ2v) is 4.56. The molecule has 1 heterocycles. The number of hydrogen-bond acceptors (Lipinski definition) is 3. The molecule has 0 atom stereocenters.